The van der Waals surface area contributed by atoms with Crippen molar-refractivity contribution >= 4 is 92.9 Å². The number of anilines is 4. The first-order valence-corrected chi connectivity index (χ1v) is 22.2. The molecule has 4 aromatic carbocycles. The fourth-order valence-corrected chi connectivity index (χ4v) is 9.33. The predicted octanol–water partition coefficient (Wildman–Crippen LogP) is 11.3. The van der Waals surface area contributed by atoms with Crippen molar-refractivity contribution in [1.82, 2.24) is 14.9 Å². The summed E-state index contributed by atoms with van der Waals surface area (Å²) in [4.78, 5) is 44.3. The van der Waals surface area contributed by atoms with Gasteiger partial charge in [0, 0.05) is 108 Å². The standard InChI is InChI=1S/C47H40Cl5N7O3/c48-34-7-5-33(6-8-34)47(13-17-57(18-14-47)45(60)30-24-42-44(56-26-30)54-16-20-59(42)28-32-22-36(50)10-12-40(32)52)62-46(61)38-4-2-1-3-37(38)29-23-41-43(55-25-29)53-15-19-58(41)27-31-21-35(49)9-11-39(31)51/h1-12,21-26H,13-20,27-28H2,(H,53,55)(H,54,56). The first-order valence-electron chi connectivity index (χ1n) is 20.3. The van der Waals surface area contributed by atoms with Crippen molar-refractivity contribution in [3.05, 3.63) is 162 Å². The number of carbonyl (C=O) groups excluding carboxylic acids is 2. The molecule has 0 aliphatic carbocycles. The molecule has 316 valence electrons. The van der Waals surface area contributed by atoms with Gasteiger partial charge < -0.3 is 30.1 Å². The van der Waals surface area contributed by atoms with E-state index in [2.05, 4.69) is 25.4 Å². The highest BCUT2D eigenvalue weighted by molar-refractivity contribution is 6.34. The normalized spacial score (nSPS) is 15.5. The van der Waals surface area contributed by atoms with Crippen molar-refractivity contribution in [3.8, 4) is 11.1 Å². The van der Waals surface area contributed by atoms with Crippen molar-refractivity contribution in [2.45, 2.75) is 31.5 Å². The van der Waals surface area contributed by atoms with E-state index in [-0.39, 0.29) is 5.91 Å². The summed E-state index contributed by atoms with van der Waals surface area (Å²) in [5, 5.41) is 9.77. The van der Waals surface area contributed by atoms with Gasteiger partial charge in [0.25, 0.3) is 5.91 Å². The molecule has 0 atom stereocenters. The number of nitrogens with one attached hydrogen (secondary N) is 2. The zero-order chi connectivity index (χ0) is 43.0. The van der Waals surface area contributed by atoms with Crippen LogP contribution in [0.15, 0.2) is 109 Å². The van der Waals surface area contributed by atoms with Crippen molar-refractivity contribution < 1.29 is 14.3 Å². The maximum absolute atomic E-state index is 14.6. The van der Waals surface area contributed by atoms with Gasteiger partial charge in [-0.3, -0.25) is 4.79 Å². The molecule has 15 heteroatoms. The molecule has 2 N–H and O–H groups in total. The Hall–Kier alpha value is -5.23. The monoisotopic (exact) mass is 925 g/mol. The lowest BCUT2D eigenvalue weighted by molar-refractivity contribution is -0.0514. The molecule has 9 rings (SSSR count). The quantitative estimate of drug-likeness (QED) is 0.137. The Labute approximate surface area is 384 Å². The molecule has 0 bridgehead atoms. The Bertz CT molecular complexity index is 2670. The Morgan fingerprint density at radius 1 is 0.645 bits per heavy atom. The molecule has 3 aliphatic rings. The van der Waals surface area contributed by atoms with Crippen LogP contribution in [0.25, 0.3) is 11.1 Å². The molecule has 0 radical (unpaired) electrons. The molecule has 1 fully saturated rings. The van der Waals surface area contributed by atoms with Crippen LogP contribution in [0.5, 0.6) is 0 Å². The average Bonchev–Trinajstić information content (AvgIpc) is 3.29. The Kier molecular flexibility index (Phi) is 12.1. The van der Waals surface area contributed by atoms with Crippen LogP contribution < -0.4 is 20.4 Å². The van der Waals surface area contributed by atoms with Crippen LogP contribution in [0, 0.1) is 0 Å². The number of piperidine rings is 1. The summed E-state index contributed by atoms with van der Waals surface area (Å²) in [6.45, 7) is 4.51. The number of likely N-dealkylation sites (tertiary alicyclic amines) is 1. The maximum Gasteiger partial charge on any atom is 0.339 e. The molecule has 1 amide bonds. The van der Waals surface area contributed by atoms with Gasteiger partial charge in [-0.05, 0) is 89.0 Å². The van der Waals surface area contributed by atoms with Crippen LogP contribution in [0.4, 0.5) is 23.0 Å². The highest BCUT2D eigenvalue weighted by Gasteiger charge is 2.42. The maximum atomic E-state index is 14.6. The van der Waals surface area contributed by atoms with Crippen LogP contribution in [-0.2, 0) is 23.4 Å². The number of amides is 1. The van der Waals surface area contributed by atoms with Gasteiger partial charge in [-0.15, -0.1) is 0 Å². The van der Waals surface area contributed by atoms with E-state index in [1.807, 2.05) is 54.6 Å². The number of halogens is 5. The zero-order valence-corrected chi connectivity index (χ0v) is 37.1. The third kappa shape index (κ3) is 8.72. The van der Waals surface area contributed by atoms with E-state index in [9.17, 15) is 9.59 Å². The van der Waals surface area contributed by atoms with Crippen LogP contribution in [0.3, 0.4) is 0 Å². The van der Waals surface area contributed by atoms with E-state index in [0.29, 0.717) is 113 Å². The smallest absolute Gasteiger partial charge is 0.339 e. The van der Waals surface area contributed by atoms with Crippen molar-refractivity contribution in [1.29, 1.82) is 0 Å². The summed E-state index contributed by atoms with van der Waals surface area (Å²) in [6.07, 6.45) is 4.10. The molecule has 5 heterocycles. The number of aromatic nitrogens is 2. The second kappa shape index (κ2) is 17.9. The minimum atomic E-state index is -1.04. The number of ether oxygens (including phenoxy) is 1. The van der Waals surface area contributed by atoms with Crippen LogP contribution >= 0.6 is 58.0 Å². The number of benzene rings is 4. The van der Waals surface area contributed by atoms with E-state index >= 15 is 0 Å². The van der Waals surface area contributed by atoms with E-state index in [0.717, 1.165) is 39.4 Å². The molecule has 1 saturated heterocycles. The van der Waals surface area contributed by atoms with Gasteiger partial charge in [-0.2, -0.15) is 0 Å². The second-order valence-corrected chi connectivity index (χ2v) is 17.7. The molecule has 3 aliphatic heterocycles. The number of hydrogen-bond donors (Lipinski definition) is 2. The topological polar surface area (TPSA) is 103 Å². The molecule has 10 nitrogen and oxygen atoms in total. The highest BCUT2D eigenvalue weighted by Crippen LogP contribution is 2.41. The number of pyridine rings is 2. The molecule has 0 saturated carbocycles. The van der Waals surface area contributed by atoms with E-state index in [1.54, 1.807) is 59.8 Å². The first kappa shape index (κ1) is 42.1. The highest BCUT2D eigenvalue weighted by atomic mass is 35.5. The third-order valence-electron chi connectivity index (χ3n) is 11.7. The summed E-state index contributed by atoms with van der Waals surface area (Å²) >= 11 is 32.1. The fraction of sp³-hybridized carbons (Fsp3) is 0.234. The summed E-state index contributed by atoms with van der Waals surface area (Å²) in [5.41, 5.74) is 5.53. The molecule has 6 aromatic rings. The Morgan fingerprint density at radius 2 is 1.21 bits per heavy atom. The lowest BCUT2D eigenvalue weighted by Gasteiger charge is -2.42. The Balaban J connectivity index is 0.958. The van der Waals surface area contributed by atoms with Crippen molar-refractivity contribution in [3.63, 3.8) is 0 Å². The number of nitrogens with zero attached hydrogens (tertiary/aromatic N) is 5. The van der Waals surface area contributed by atoms with Gasteiger partial charge >= 0.3 is 5.97 Å². The van der Waals surface area contributed by atoms with Crippen LogP contribution in [-0.4, -0.2) is 66.0 Å². The summed E-state index contributed by atoms with van der Waals surface area (Å²) < 4.78 is 6.65. The second-order valence-electron chi connectivity index (χ2n) is 15.6. The van der Waals surface area contributed by atoms with E-state index in [4.69, 9.17) is 67.7 Å². The van der Waals surface area contributed by atoms with Gasteiger partial charge in [0.1, 0.15) is 17.2 Å². The van der Waals surface area contributed by atoms with E-state index < -0.39 is 11.6 Å². The van der Waals surface area contributed by atoms with Crippen LogP contribution in [0.1, 0.15) is 50.2 Å². The lowest BCUT2D eigenvalue weighted by Crippen LogP contribution is -2.47. The number of carbonyl (C=O) groups is 2. The summed E-state index contributed by atoms with van der Waals surface area (Å²) in [7, 11) is 0. The number of fused-ring (bicyclic) bond motifs is 2. The summed E-state index contributed by atoms with van der Waals surface area (Å²) in [5.74, 6) is 0.791. The molecular formula is C47H40Cl5N7O3. The van der Waals surface area contributed by atoms with Gasteiger partial charge in [0.05, 0.1) is 22.5 Å². The zero-order valence-electron chi connectivity index (χ0n) is 33.3. The van der Waals surface area contributed by atoms with Gasteiger partial charge in [-0.25, -0.2) is 14.8 Å². The van der Waals surface area contributed by atoms with Crippen LogP contribution in [0.2, 0.25) is 25.1 Å². The molecule has 62 heavy (non-hydrogen) atoms. The molecule has 0 spiro atoms. The van der Waals surface area contributed by atoms with E-state index in [1.165, 1.54) is 0 Å². The Morgan fingerprint density at radius 3 is 1.84 bits per heavy atom. The number of rotatable bonds is 9. The number of hydrogen-bond acceptors (Lipinski definition) is 9. The van der Waals surface area contributed by atoms with Gasteiger partial charge in [0.2, 0.25) is 0 Å². The van der Waals surface area contributed by atoms with Crippen molar-refractivity contribution in [2.75, 3.05) is 59.7 Å². The minimum absolute atomic E-state index is 0.158. The first-order chi connectivity index (χ1) is 30.0. The lowest BCUT2D eigenvalue weighted by atomic mass is 9.83. The van der Waals surface area contributed by atoms with Crippen molar-refractivity contribution in [2.24, 2.45) is 0 Å². The average molecular weight is 928 g/mol. The minimum Gasteiger partial charge on any atom is -0.450 e. The fourth-order valence-electron chi connectivity index (χ4n) is 8.46. The predicted molar refractivity (Wildman–Crippen MR) is 250 cm³/mol. The molecular weight excluding hydrogens is 888 g/mol. The number of esters is 1. The largest absolute Gasteiger partial charge is 0.450 e. The van der Waals surface area contributed by atoms with Gasteiger partial charge in [0.15, 0.2) is 0 Å². The molecule has 0 unspecified atom stereocenters. The SMILES string of the molecule is O=C(OC1(c2ccc(Cl)cc2)CCN(C(=O)c2cnc3c(c2)N(Cc2cc(Cl)ccc2Cl)CCN3)CC1)c1ccccc1-c1cnc2c(c1)N(Cc1cc(Cl)ccc1Cl)CCN2. The van der Waals surface area contributed by atoms with Gasteiger partial charge in [-0.1, -0.05) is 88.3 Å². The third-order valence-corrected chi connectivity index (χ3v) is 13.2. The molecule has 2 aromatic heterocycles. The summed E-state index contributed by atoms with van der Waals surface area (Å²) in [6, 6.07) is 29.5.